The van der Waals surface area contributed by atoms with Crippen molar-refractivity contribution in [1.29, 1.82) is 0 Å². The third kappa shape index (κ3) is 11.1. The van der Waals surface area contributed by atoms with Gasteiger partial charge in [-0.05, 0) is 70.5 Å². The van der Waals surface area contributed by atoms with Crippen LogP contribution in [0.1, 0.15) is 28.7 Å². The SMILES string of the molecule is O=C1COc2ccc(cc2)C[C@@H](C(=O)O)NC(=O)[C@H](CCc2ccccc2)NC(=O)[C@@H](Cc2ccc(-c3cccnc3)cc2)NC(=O)[C@H](Cc2cccnc2)N1. The fourth-order valence-electron chi connectivity index (χ4n) is 6.36. The molecule has 2 bridgehead atoms. The molecule has 5 N–H and O–H groups in total. The number of hydrogen-bond donors (Lipinski definition) is 5. The minimum absolute atomic E-state index is 0.0281. The van der Waals surface area contributed by atoms with E-state index in [1.807, 2.05) is 66.7 Å². The zero-order valence-corrected chi connectivity index (χ0v) is 30.5. The molecule has 0 radical (unpaired) electrons. The molecule has 4 atom stereocenters. The summed E-state index contributed by atoms with van der Waals surface area (Å²) in [6.07, 6.45) is 7.17. The minimum atomic E-state index is -1.32. The van der Waals surface area contributed by atoms with Crippen LogP contribution in [0.5, 0.6) is 5.75 Å². The highest BCUT2D eigenvalue weighted by Crippen LogP contribution is 2.20. The van der Waals surface area contributed by atoms with Gasteiger partial charge < -0.3 is 31.1 Å². The molecule has 286 valence electrons. The van der Waals surface area contributed by atoms with E-state index in [4.69, 9.17) is 4.74 Å². The van der Waals surface area contributed by atoms with Crippen LogP contribution in [0.3, 0.4) is 0 Å². The molecule has 0 saturated carbocycles. The normalized spacial score (nSPS) is 19.5. The molecular weight excluding hydrogens is 713 g/mol. The van der Waals surface area contributed by atoms with Crippen molar-refractivity contribution in [3.8, 4) is 16.9 Å². The average Bonchev–Trinajstić information content (AvgIpc) is 3.22. The molecule has 2 aliphatic rings. The Morgan fingerprint density at radius 1 is 0.625 bits per heavy atom. The molecule has 4 heterocycles. The van der Waals surface area contributed by atoms with Crippen molar-refractivity contribution in [3.05, 3.63) is 150 Å². The molecule has 56 heavy (non-hydrogen) atoms. The highest BCUT2D eigenvalue weighted by Gasteiger charge is 2.32. The van der Waals surface area contributed by atoms with E-state index in [-0.39, 0.29) is 25.7 Å². The van der Waals surface area contributed by atoms with Crippen molar-refractivity contribution in [2.24, 2.45) is 0 Å². The monoisotopic (exact) mass is 754 g/mol. The molecule has 5 aromatic rings. The fraction of sp³-hybridized carbons (Fsp3) is 0.233. The molecule has 13 heteroatoms. The van der Waals surface area contributed by atoms with Gasteiger partial charge in [-0.3, -0.25) is 29.1 Å². The third-order valence-electron chi connectivity index (χ3n) is 9.38. The highest BCUT2D eigenvalue weighted by molar-refractivity contribution is 5.95. The number of ether oxygens (including phenoxy) is 1. The van der Waals surface area contributed by atoms with Crippen LogP contribution in [-0.2, 0) is 49.7 Å². The second-order valence-corrected chi connectivity index (χ2v) is 13.5. The number of aromatic nitrogens is 2. The van der Waals surface area contributed by atoms with Gasteiger partial charge in [-0.1, -0.05) is 78.9 Å². The van der Waals surface area contributed by atoms with Crippen molar-refractivity contribution in [3.63, 3.8) is 0 Å². The summed E-state index contributed by atoms with van der Waals surface area (Å²) in [7, 11) is 0. The number of pyridine rings is 2. The Bertz CT molecular complexity index is 2100. The molecule has 7 rings (SSSR count). The highest BCUT2D eigenvalue weighted by atomic mass is 16.5. The summed E-state index contributed by atoms with van der Waals surface area (Å²) in [5.74, 6) is -3.49. The van der Waals surface area contributed by atoms with E-state index in [1.54, 1.807) is 61.2 Å². The van der Waals surface area contributed by atoms with Crippen LogP contribution < -0.4 is 26.0 Å². The molecule has 0 fully saturated rings. The maximum absolute atomic E-state index is 14.3. The lowest BCUT2D eigenvalue weighted by atomic mass is 9.99. The summed E-state index contributed by atoms with van der Waals surface area (Å²) in [4.78, 5) is 76.3. The average molecular weight is 755 g/mol. The van der Waals surface area contributed by atoms with Gasteiger partial charge in [0.25, 0.3) is 5.91 Å². The van der Waals surface area contributed by atoms with Gasteiger partial charge >= 0.3 is 5.97 Å². The van der Waals surface area contributed by atoms with Crippen molar-refractivity contribution in [1.82, 2.24) is 31.2 Å². The molecule has 4 amide bonds. The van der Waals surface area contributed by atoms with Gasteiger partial charge in [-0.2, -0.15) is 0 Å². The largest absolute Gasteiger partial charge is 0.484 e. The van der Waals surface area contributed by atoms with Crippen LogP contribution in [-0.4, -0.2) is 75.4 Å². The zero-order valence-electron chi connectivity index (χ0n) is 30.5. The van der Waals surface area contributed by atoms with Gasteiger partial charge in [0, 0.05) is 44.0 Å². The minimum Gasteiger partial charge on any atom is -0.484 e. The van der Waals surface area contributed by atoms with Gasteiger partial charge in [0.2, 0.25) is 17.7 Å². The van der Waals surface area contributed by atoms with E-state index in [9.17, 15) is 29.1 Å². The molecular formula is C43H42N6O7. The maximum atomic E-state index is 14.3. The summed E-state index contributed by atoms with van der Waals surface area (Å²) in [5, 5.41) is 21.1. The first-order chi connectivity index (χ1) is 27.2. The Hall–Kier alpha value is -6.89. The number of hydrogen-bond acceptors (Lipinski definition) is 8. The Morgan fingerprint density at radius 2 is 1.25 bits per heavy atom. The van der Waals surface area contributed by atoms with E-state index >= 15 is 0 Å². The first kappa shape index (κ1) is 38.8. The van der Waals surface area contributed by atoms with Gasteiger partial charge in [-0.15, -0.1) is 0 Å². The molecule has 2 aromatic heterocycles. The van der Waals surface area contributed by atoms with E-state index in [0.29, 0.717) is 28.9 Å². The van der Waals surface area contributed by atoms with Gasteiger partial charge in [0.05, 0.1) is 0 Å². The number of benzene rings is 3. The fourth-order valence-corrected chi connectivity index (χ4v) is 6.36. The van der Waals surface area contributed by atoms with Crippen LogP contribution in [0.2, 0.25) is 0 Å². The van der Waals surface area contributed by atoms with Crippen molar-refractivity contribution in [2.75, 3.05) is 6.61 Å². The smallest absolute Gasteiger partial charge is 0.326 e. The molecule has 0 aliphatic carbocycles. The van der Waals surface area contributed by atoms with E-state index in [2.05, 4.69) is 31.2 Å². The van der Waals surface area contributed by atoms with Crippen molar-refractivity contribution in [2.45, 2.75) is 56.3 Å². The Labute approximate surface area is 323 Å². The predicted molar refractivity (Wildman–Crippen MR) is 207 cm³/mol. The molecule has 0 saturated heterocycles. The molecule has 0 spiro atoms. The Balaban J connectivity index is 1.33. The van der Waals surface area contributed by atoms with E-state index < -0.39 is 60.4 Å². The first-order valence-electron chi connectivity index (χ1n) is 18.3. The zero-order chi connectivity index (χ0) is 39.3. The second kappa shape index (κ2) is 18.9. The Morgan fingerprint density at radius 3 is 1.91 bits per heavy atom. The van der Waals surface area contributed by atoms with Crippen LogP contribution in [0.4, 0.5) is 0 Å². The molecule has 13 nitrogen and oxygen atoms in total. The van der Waals surface area contributed by atoms with Crippen LogP contribution in [0.25, 0.3) is 11.1 Å². The lowest BCUT2D eigenvalue weighted by molar-refractivity contribution is -0.142. The predicted octanol–water partition coefficient (Wildman–Crippen LogP) is 3.22. The van der Waals surface area contributed by atoms with Crippen molar-refractivity contribution >= 4 is 29.6 Å². The standard InChI is InChI=1S/C43H42N6O7/c50-39-27-56-34-17-12-30(13-18-34)23-38(43(54)55)49-40(51)35(19-14-28-6-2-1-3-7-28)47-42(53)37(48-41(52)36(46-39)24-31-8-4-20-44-25-31)22-29-10-15-32(16-11-29)33-9-5-21-45-26-33/h1-13,15-18,20-21,25-26,35-38H,14,19,22-24,27H2,(H,46,50)(H,47,53)(H,48,52)(H,49,51)(H,54,55)/t35-,36-,37+,38-/m0/s1. The first-order valence-corrected chi connectivity index (χ1v) is 18.3. The lowest BCUT2D eigenvalue weighted by Crippen LogP contribution is -2.59. The number of nitrogens with zero attached hydrogens (tertiary/aromatic N) is 2. The molecule has 2 aliphatic heterocycles. The van der Waals surface area contributed by atoms with Crippen LogP contribution in [0, 0.1) is 0 Å². The summed E-state index contributed by atoms with van der Waals surface area (Å²) in [6, 6.07) is 25.7. The summed E-state index contributed by atoms with van der Waals surface area (Å²) >= 11 is 0. The topological polar surface area (TPSA) is 189 Å². The molecule has 3 aromatic carbocycles. The maximum Gasteiger partial charge on any atom is 0.326 e. The van der Waals surface area contributed by atoms with Gasteiger partial charge in [0.15, 0.2) is 6.61 Å². The number of amides is 4. The lowest BCUT2D eigenvalue weighted by Gasteiger charge is -2.26. The van der Waals surface area contributed by atoms with Crippen LogP contribution in [0.15, 0.2) is 128 Å². The van der Waals surface area contributed by atoms with Gasteiger partial charge in [-0.25, -0.2) is 4.79 Å². The quantitative estimate of drug-likeness (QED) is 0.141. The number of carboxylic acid groups (broad SMARTS) is 1. The molecule has 0 unspecified atom stereocenters. The number of carboxylic acids is 1. The number of carbonyl (C=O) groups is 5. The second-order valence-electron chi connectivity index (χ2n) is 13.5. The van der Waals surface area contributed by atoms with E-state index in [0.717, 1.165) is 16.7 Å². The van der Waals surface area contributed by atoms with E-state index in [1.165, 1.54) is 0 Å². The third-order valence-corrected chi connectivity index (χ3v) is 9.38. The number of aryl methyl sites for hydroxylation is 1. The summed E-state index contributed by atoms with van der Waals surface area (Å²) in [5.41, 5.74) is 4.68. The van der Waals surface area contributed by atoms with Gasteiger partial charge in [0.1, 0.15) is 29.9 Å². The number of carbonyl (C=O) groups excluding carboxylic acids is 4. The summed E-state index contributed by atoms with van der Waals surface area (Å²) < 4.78 is 5.69. The van der Waals surface area contributed by atoms with Crippen LogP contribution >= 0.6 is 0 Å². The van der Waals surface area contributed by atoms with Crippen molar-refractivity contribution < 1.29 is 33.8 Å². The number of fused-ring (bicyclic) bond motifs is 16. The Kier molecular flexibility index (Phi) is 13.1. The number of aliphatic carboxylic acids is 1. The number of nitrogens with one attached hydrogen (secondary N) is 4. The number of rotatable bonds is 9. The summed E-state index contributed by atoms with van der Waals surface area (Å²) in [6.45, 7) is -0.416.